The van der Waals surface area contributed by atoms with Crippen LogP contribution in [0.25, 0.3) is 0 Å². The van der Waals surface area contributed by atoms with E-state index in [0.717, 1.165) is 0 Å². The Hall–Kier alpha value is -0.580. The SMILES string of the molecule is [2H]c1nc(C(C)(F)F)nc(Br)c1[2H]. The molecule has 0 unspecified atom stereocenters. The van der Waals surface area contributed by atoms with Crippen LogP contribution in [0.1, 0.15) is 15.5 Å². The minimum absolute atomic E-state index is 0.0935. The van der Waals surface area contributed by atoms with Gasteiger partial charge in [0.1, 0.15) is 4.60 Å². The highest BCUT2D eigenvalue weighted by atomic mass is 79.9. The normalized spacial score (nSPS) is 14.2. The number of rotatable bonds is 1. The van der Waals surface area contributed by atoms with Gasteiger partial charge >= 0.3 is 5.92 Å². The number of hydrogen-bond donors (Lipinski definition) is 0. The van der Waals surface area contributed by atoms with Crippen molar-refractivity contribution in [3.63, 3.8) is 0 Å². The van der Waals surface area contributed by atoms with Crippen LogP contribution in [0.5, 0.6) is 0 Å². The van der Waals surface area contributed by atoms with Crippen molar-refractivity contribution in [3.8, 4) is 0 Å². The van der Waals surface area contributed by atoms with Crippen molar-refractivity contribution >= 4 is 15.9 Å². The van der Waals surface area contributed by atoms with Gasteiger partial charge in [-0.15, -0.1) is 0 Å². The van der Waals surface area contributed by atoms with Gasteiger partial charge in [-0.2, -0.15) is 8.78 Å². The van der Waals surface area contributed by atoms with Gasteiger partial charge in [0.05, 0.1) is 2.74 Å². The molecule has 0 N–H and O–H groups in total. The molecular formula is C6H5BrF2N2. The molecule has 0 radical (unpaired) electrons. The molecule has 0 saturated heterocycles. The molecule has 1 aromatic rings. The van der Waals surface area contributed by atoms with Crippen LogP contribution in [0.3, 0.4) is 0 Å². The predicted molar refractivity (Wildman–Crippen MR) is 39.3 cm³/mol. The number of aromatic nitrogens is 2. The summed E-state index contributed by atoms with van der Waals surface area (Å²) in [5, 5.41) is 0. The smallest absolute Gasteiger partial charge is 0.236 e. The van der Waals surface area contributed by atoms with E-state index in [-0.39, 0.29) is 10.6 Å². The van der Waals surface area contributed by atoms with Crippen LogP contribution >= 0.6 is 15.9 Å². The fraction of sp³-hybridized carbons (Fsp3) is 0.333. The van der Waals surface area contributed by atoms with E-state index < -0.39 is 17.9 Å². The number of hydrogen-bond acceptors (Lipinski definition) is 2. The molecule has 0 atom stereocenters. The van der Waals surface area contributed by atoms with E-state index in [4.69, 9.17) is 2.74 Å². The van der Waals surface area contributed by atoms with Crippen LogP contribution in [0.15, 0.2) is 16.8 Å². The Labute approximate surface area is 73.6 Å². The van der Waals surface area contributed by atoms with Crippen molar-refractivity contribution in [2.45, 2.75) is 12.8 Å². The molecule has 0 bridgehead atoms. The first-order chi connectivity index (χ1) is 5.82. The fourth-order valence-corrected chi connectivity index (χ4v) is 0.726. The zero-order valence-electron chi connectivity index (χ0n) is 7.53. The lowest BCUT2D eigenvalue weighted by Gasteiger charge is -2.06. The van der Waals surface area contributed by atoms with E-state index >= 15 is 0 Å². The van der Waals surface area contributed by atoms with E-state index in [2.05, 4.69) is 25.9 Å². The molecule has 1 aromatic heterocycles. The van der Waals surface area contributed by atoms with Crippen molar-refractivity contribution < 1.29 is 11.5 Å². The Balaban J connectivity index is 3.29. The largest absolute Gasteiger partial charge is 0.303 e. The first-order valence-electron chi connectivity index (χ1n) is 3.71. The molecule has 0 aliphatic carbocycles. The molecule has 0 saturated carbocycles. The molecule has 1 rings (SSSR count). The maximum absolute atomic E-state index is 12.7. The van der Waals surface area contributed by atoms with Gasteiger partial charge in [0.2, 0.25) is 0 Å². The Morgan fingerprint density at radius 3 is 2.82 bits per heavy atom. The van der Waals surface area contributed by atoms with Gasteiger partial charge in [0.15, 0.2) is 5.82 Å². The molecule has 1 heterocycles. The lowest BCUT2D eigenvalue weighted by Crippen LogP contribution is -2.11. The summed E-state index contributed by atoms with van der Waals surface area (Å²) in [7, 11) is 0. The van der Waals surface area contributed by atoms with Crippen LogP contribution in [0.4, 0.5) is 8.78 Å². The maximum atomic E-state index is 12.7. The van der Waals surface area contributed by atoms with E-state index in [0.29, 0.717) is 6.92 Å². The fourth-order valence-electron chi connectivity index (χ4n) is 0.469. The lowest BCUT2D eigenvalue weighted by atomic mass is 10.3. The molecule has 0 aliphatic heterocycles. The number of nitrogens with zero attached hydrogens (tertiary/aromatic N) is 2. The second-order valence-electron chi connectivity index (χ2n) is 1.96. The van der Waals surface area contributed by atoms with Crippen LogP contribution in [0.2, 0.25) is 0 Å². The van der Waals surface area contributed by atoms with Crippen molar-refractivity contribution in [1.29, 1.82) is 0 Å². The second kappa shape index (κ2) is 2.81. The van der Waals surface area contributed by atoms with Crippen molar-refractivity contribution in [1.82, 2.24) is 9.97 Å². The minimum atomic E-state index is -3.19. The quantitative estimate of drug-likeness (QED) is 0.685. The van der Waals surface area contributed by atoms with Crippen molar-refractivity contribution in [3.05, 3.63) is 22.6 Å². The first-order valence-corrected chi connectivity index (χ1v) is 3.50. The third kappa shape index (κ3) is 2.18. The monoisotopic (exact) mass is 224 g/mol. The highest BCUT2D eigenvalue weighted by Gasteiger charge is 2.27. The molecule has 11 heavy (non-hydrogen) atoms. The summed E-state index contributed by atoms with van der Waals surface area (Å²) in [6, 6.07) is -0.298. The lowest BCUT2D eigenvalue weighted by molar-refractivity contribution is 0.00749. The molecule has 60 valence electrons. The Kier molecular flexibility index (Phi) is 1.53. The van der Waals surface area contributed by atoms with E-state index in [9.17, 15) is 8.78 Å². The summed E-state index contributed by atoms with van der Waals surface area (Å²) in [5.74, 6) is -3.94. The van der Waals surface area contributed by atoms with E-state index in [1.165, 1.54) is 0 Å². The van der Waals surface area contributed by atoms with E-state index in [1.54, 1.807) is 0 Å². The van der Waals surface area contributed by atoms with E-state index in [1.807, 2.05) is 0 Å². The maximum Gasteiger partial charge on any atom is 0.303 e. The van der Waals surface area contributed by atoms with Gasteiger partial charge in [0, 0.05) is 13.1 Å². The van der Waals surface area contributed by atoms with Crippen LogP contribution in [0, 0.1) is 0 Å². The highest BCUT2D eigenvalue weighted by molar-refractivity contribution is 9.10. The third-order valence-corrected chi connectivity index (χ3v) is 1.29. The average Bonchev–Trinajstić information content (AvgIpc) is 1.97. The summed E-state index contributed by atoms with van der Waals surface area (Å²) < 4.78 is 39.4. The molecular weight excluding hydrogens is 218 g/mol. The van der Waals surface area contributed by atoms with Gasteiger partial charge in [-0.05, 0) is 22.0 Å². The third-order valence-electron chi connectivity index (χ3n) is 0.918. The molecule has 2 nitrogen and oxygen atoms in total. The minimum Gasteiger partial charge on any atom is -0.236 e. The molecule has 0 amide bonds. The summed E-state index contributed by atoms with van der Waals surface area (Å²) in [4.78, 5) is 6.55. The van der Waals surface area contributed by atoms with Gasteiger partial charge < -0.3 is 0 Å². The van der Waals surface area contributed by atoms with Gasteiger partial charge in [-0.25, -0.2) is 9.97 Å². The summed E-state index contributed by atoms with van der Waals surface area (Å²) >= 11 is 2.80. The van der Waals surface area contributed by atoms with Crippen molar-refractivity contribution in [2.24, 2.45) is 0 Å². The zero-order valence-corrected chi connectivity index (χ0v) is 7.11. The van der Waals surface area contributed by atoms with Gasteiger partial charge in [-0.1, -0.05) is 0 Å². The summed E-state index contributed by atoms with van der Waals surface area (Å²) in [5.41, 5.74) is 0. The Morgan fingerprint density at radius 1 is 1.73 bits per heavy atom. The number of alkyl halides is 2. The van der Waals surface area contributed by atoms with Crippen LogP contribution in [-0.4, -0.2) is 9.97 Å². The molecule has 0 aliphatic rings. The molecule has 0 spiro atoms. The molecule has 0 aromatic carbocycles. The Bertz CT molecular complexity index is 317. The topological polar surface area (TPSA) is 25.8 Å². The highest BCUT2D eigenvalue weighted by Crippen LogP contribution is 2.23. The summed E-state index contributed by atoms with van der Waals surface area (Å²) in [6.07, 6.45) is -0.515. The van der Waals surface area contributed by atoms with Gasteiger partial charge in [0.25, 0.3) is 0 Å². The van der Waals surface area contributed by atoms with Crippen LogP contribution < -0.4 is 0 Å². The standard InChI is InChI=1S/C6H5BrF2N2/c1-6(8,9)5-10-3-2-4(7)11-5/h2-3H,1H3/i2D,3D. The molecule has 0 fully saturated rings. The van der Waals surface area contributed by atoms with Crippen molar-refractivity contribution in [2.75, 3.05) is 0 Å². The summed E-state index contributed by atoms with van der Waals surface area (Å²) in [6.45, 7) is 0.637. The second-order valence-corrected chi connectivity index (χ2v) is 2.71. The average molecular weight is 225 g/mol. The predicted octanol–water partition coefficient (Wildman–Crippen LogP) is 2.35. The van der Waals surface area contributed by atoms with Crippen LogP contribution in [-0.2, 0) is 5.92 Å². The Morgan fingerprint density at radius 2 is 2.36 bits per heavy atom. The van der Waals surface area contributed by atoms with Gasteiger partial charge in [-0.3, -0.25) is 0 Å². The number of halogens is 3. The molecule has 5 heteroatoms. The first kappa shape index (κ1) is 5.99. The zero-order chi connectivity index (χ0) is 10.2.